The van der Waals surface area contributed by atoms with Crippen LogP contribution in [0, 0.1) is 0 Å². The number of pyridine rings is 1. The Hall–Kier alpha value is -2.11. The molecule has 1 heterocycles. The minimum absolute atomic E-state index is 0.128. The van der Waals surface area contributed by atoms with E-state index in [1.165, 1.54) is 7.11 Å². The number of esters is 1. The van der Waals surface area contributed by atoms with Gasteiger partial charge < -0.3 is 15.4 Å². The number of methoxy groups -OCH3 is 1. The van der Waals surface area contributed by atoms with Gasteiger partial charge in [-0.2, -0.15) is 0 Å². The number of nitrogens with zero attached hydrogens (tertiary/aromatic N) is 2. The molecular formula is C16H26N4O2. The summed E-state index contributed by atoms with van der Waals surface area (Å²) in [4.78, 5) is 19.4. The van der Waals surface area contributed by atoms with Crippen LogP contribution >= 0.6 is 0 Å². The highest BCUT2D eigenvalue weighted by molar-refractivity contribution is 5.79. The molecule has 0 saturated heterocycles. The van der Waals surface area contributed by atoms with E-state index in [4.69, 9.17) is 0 Å². The SMILES string of the molecule is CN=C(NCCCCCCC(=O)OC)NCc1ccccn1. The van der Waals surface area contributed by atoms with E-state index < -0.39 is 0 Å². The predicted molar refractivity (Wildman–Crippen MR) is 87.5 cm³/mol. The number of nitrogens with one attached hydrogen (secondary N) is 2. The molecule has 0 aliphatic carbocycles. The van der Waals surface area contributed by atoms with Crippen molar-refractivity contribution >= 4 is 11.9 Å². The molecule has 1 rings (SSSR count). The minimum Gasteiger partial charge on any atom is -0.469 e. The monoisotopic (exact) mass is 306 g/mol. The second-order valence-electron chi connectivity index (χ2n) is 4.91. The Morgan fingerprint density at radius 1 is 1.23 bits per heavy atom. The summed E-state index contributed by atoms with van der Waals surface area (Å²) >= 11 is 0. The molecule has 0 unspecified atom stereocenters. The number of guanidine groups is 1. The predicted octanol–water partition coefficient (Wildman–Crippen LogP) is 1.87. The quantitative estimate of drug-likeness (QED) is 0.315. The summed E-state index contributed by atoms with van der Waals surface area (Å²) in [5, 5.41) is 6.50. The lowest BCUT2D eigenvalue weighted by molar-refractivity contribution is -0.140. The van der Waals surface area contributed by atoms with E-state index in [1.807, 2.05) is 18.2 Å². The van der Waals surface area contributed by atoms with Crippen LogP contribution in [0.25, 0.3) is 0 Å². The maximum Gasteiger partial charge on any atom is 0.305 e. The topological polar surface area (TPSA) is 75.6 Å². The second-order valence-corrected chi connectivity index (χ2v) is 4.91. The number of rotatable bonds is 9. The van der Waals surface area contributed by atoms with Gasteiger partial charge in [-0.05, 0) is 25.0 Å². The molecule has 0 spiro atoms. The van der Waals surface area contributed by atoms with Gasteiger partial charge in [-0.15, -0.1) is 0 Å². The molecular weight excluding hydrogens is 280 g/mol. The van der Waals surface area contributed by atoms with Crippen LogP contribution < -0.4 is 10.6 Å². The van der Waals surface area contributed by atoms with Crippen molar-refractivity contribution in [1.82, 2.24) is 15.6 Å². The fourth-order valence-electron chi connectivity index (χ4n) is 1.95. The minimum atomic E-state index is -0.128. The van der Waals surface area contributed by atoms with Crippen molar-refractivity contribution in [2.24, 2.45) is 4.99 Å². The third-order valence-electron chi connectivity index (χ3n) is 3.21. The van der Waals surface area contributed by atoms with Gasteiger partial charge in [-0.3, -0.25) is 14.8 Å². The third kappa shape index (κ3) is 8.24. The normalized spacial score (nSPS) is 11.1. The second kappa shape index (κ2) is 11.5. The van der Waals surface area contributed by atoms with Crippen molar-refractivity contribution in [3.05, 3.63) is 30.1 Å². The fourth-order valence-corrected chi connectivity index (χ4v) is 1.95. The summed E-state index contributed by atoms with van der Waals surface area (Å²) < 4.78 is 4.61. The third-order valence-corrected chi connectivity index (χ3v) is 3.21. The summed E-state index contributed by atoms with van der Waals surface area (Å²) in [5.74, 6) is 0.650. The van der Waals surface area contributed by atoms with Crippen LogP contribution in [0.5, 0.6) is 0 Å². The van der Waals surface area contributed by atoms with Gasteiger partial charge in [-0.25, -0.2) is 0 Å². The zero-order chi connectivity index (χ0) is 16.0. The van der Waals surface area contributed by atoms with E-state index in [0.29, 0.717) is 13.0 Å². The lowest BCUT2D eigenvalue weighted by atomic mass is 10.1. The molecule has 0 saturated carbocycles. The van der Waals surface area contributed by atoms with E-state index in [1.54, 1.807) is 13.2 Å². The Bertz CT molecular complexity index is 449. The van der Waals surface area contributed by atoms with Gasteiger partial charge in [0.2, 0.25) is 0 Å². The first-order chi connectivity index (χ1) is 10.8. The lowest BCUT2D eigenvalue weighted by Gasteiger charge is -2.11. The summed E-state index contributed by atoms with van der Waals surface area (Å²) in [6, 6.07) is 5.84. The van der Waals surface area contributed by atoms with Crippen LogP contribution in [0.3, 0.4) is 0 Å². The molecule has 1 aromatic heterocycles. The molecule has 0 amide bonds. The Kier molecular flexibility index (Phi) is 9.41. The summed E-state index contributed by atoms with van der Waals surface area (Å²) in [6.45, 7) is 1.51. The Labute approximate surface area is 132 Å². The highest BCUT2D eigenvalue weighted by Crippen LogP contribution is 2.03. The summed E-state index contributed by atoms with van der Waals surface area (Å²) in [5.41, 5.74) is 0.980. The van der Waals surface area contributed by atoms with Crippen LogP contribution in [0.15, 0.2) is 29.4 Å². The zero-order valence-electron chi connectivity index (χ0n) is 13.5. The first kappa shape index (κ1) is 17.9. The fraction of sp³-hybridized carbons (Fsp3) is 0.562. The average molecular weight is 306 g/mol. The van der Waals surface area contributed by atoms with Gasteiger partial charge >= 0.3 is 5.97 Å². The van der Waals surface area contributed by atoms with E-state index in [0.717, 1.165) is 43.9 Å². The molecule has 0 radical (unpaired) electrons. The lowest BCUT2D eigenvalue weighted by Crippen LogP contribution is -2.37. The van der Waals surface area contributed by atoms with Crippen molar-refractivity contribution in [3.63, 3.8) is 0 Å². The molecule has 0 atom stereocenters. The zero-order valence-corrected chi connectivity index (χ0v) is 13.5. The first-order valence-corrected chi connectivity index (χ1v) is 7.67. The highest BCUT2D eigenvalue weighted by Gasteiger charge is 2.00. The standard InChI is InChI=1S/C16H26N4O2/c1-17-16(20-13-14-9-6-8-11-18-14)19-12-7-4-3-5-10-15(21)22-2/h6,8-9,11H,3-5,7,10,12-13H2,1-2H3,(H2,17,19,20). The molecule has 1 aromatic rings. The molecule has 22 heavy (non-hydrogen) atoms. The molecule has 0 aromatic carbocycles. The number of aromatic nitrogens is 1. The van der Waals surface area contributed by atoms with E-state index in [9.17, 15) is 4.79 Å². The molecule has 122 valence electrons. The number of hydrogen-bond acceptors (Lipinski definition) is 4. The Balaban J connectivity index is 2.06. The number of ether oxygens (including phenoxy) is 1. The molecule has 0 aliphatic rings. The van der Waals surface area contributed by atoms with Crippen molar-refractivity contribution in [2.45, 2.75) is 38.6 Å². The van der Waals surface area contributed by atoms with Gasteiger partial charge in [0, 0.05) is 26.2 Å². The Morgan fingerprint density at radius 2 is 2.05 bits per heavy atom. The van der Waals surface area contributed by atoms with Crippen molar-refractivity contribution in [2.75, 3.05) is 20.7 Å². The maximum atomic E-state index is 11.0. The van der Waals surface area contributed by atoms with Gasteiger partial charge in [0.1, 0.15) is 0 Å². The number of hydrogen-bond donors (Lipinski definition) is 2. The van der Waals surface area contributed by atoms with E-state index in [2.05, 4.69) is 25.3 Å². The van der Waals surface area contributed by atoms with Crippen LogP contribution in [0.1, 0.15) is 37.8 Å². The molecule has 6 heteroatoms. The van der Waals surface area contributed by atoms with Crippen LogP contribution in [0.4, 0.5) is 0 Å². The van der Waals surface area contributed by atoms with Crippen molar-refractivity contribution in [1.29, 1.82) is 0 Å². The van der Waals surface area contributed by atoms with Crippen LogP contribution in [-0.4, -0.2) is 37.6 Å². The largest absolute Gasteiger partial charge is 0.469 e. The molecule has 6 nitrogen and oxygen atoms in total. The van der Waals surface area contributed by atoms with E-state index in [-0.39, 0.29) is 5.97 Å². The number of unbranched alkanes of at least 4 members (excludes halogenated alkanes) is 3. The van der Waals surface area contributed by atoms with Gasteiger partial charge in [0.15, 0.2) is 5.96 Å². The number of aliphatic imine (C=N–C) groups is 1. The summed E-state index contributed by atoms with van der Waals surface area (Å²) in [7, 11) is 3.18. The van der Waals surface area contributed by atoms with Crippen molar-refractivity contribution < 1.29 is 9.53 Å². The van der Waals surface area contributed by atoms with Crippen LogP contribution in [-0.2, 0) is 16.1 Å². The molecule has 0 fully saturated rings. The van der Waals surface area contributed by atoms with Crippen LogP contribution in [0.2, 0.25) is 0 Å². The molecule has 2 N–H and O–H groups in total. The number of carbonyl (C=O) groups excluding carboxylic acids is 1. The van der Waals surface area contributed by atoms with Gasteiger partial charge in [-0.1, -0.05) is 18.9 Å². The first-order valence-electron chi connectivity index (χ1n) is 7.67. The van der Waals surface area contributed by atoms with Gasteiger partial charge in [0.25, 0.3) is 0 Å². The molecule has 0 bridgehead atoms. The maximum absolute atomic E-state index is 11.0. The number of carbonyl (C=O) groups is 1. The Morgan fingerprint density at radius 3 is 2.73 bits per heavy atom. The van der Waals surface area contributed by atoms with Gasteiger partial charge in [0.05, 0.1) is 19.3 Å². The van der Waals surface area contributed by atoms with E-state index >= 15 is 0 Å². The molecule has 0 aliphatic heterocycles. The summed E-state index contributed by atoms with van der Waals surface area (Å²) in [6.07, 6.45) is 6.35. The van der Waals surface area contributed by atoms with Crippen molar-refractivity contribution in [3.8, 4) is 0 Å². The smallest absolute Gasteiger partial charge is 0.305 e. The highest BCUT2D eigenvalue weighted by atomic mass is 16.5. The average Bonchev–Trinajstić information content (AvgIpc) is 2.57.